The van der Waals surface area contributed by atoms with Crippen LogP contribution in [-0.2, 0) is 11.3 Å². The lowest BCUT2D eigenvalue weighted by molar-refractivity contribution is -0.125. The van der Waals surface area contributed by atoms with E-state index >= 15 is 0 Å². The molecule has 160 valence electrons. The van der Waals surface area contributed by atoms with Crippen molar-refractivity contribution in [2.45, 2.75) is 38.8 Å². The highest BCUT2D eigenvalue weighted by molar-refractivity contribution is 14.0. The van der Waals surface area contributed by atoms with Gasteiger partial charge in [-0.3, -0.25) is 10.1 Å². The molecule has 1 aromatic rings. The van der Waals surface area contributed by atoms with E-state index < -0.39 is 17.4 Å². The van der Waals surface area contributed by atoms with Gasteiger partial charge < -0.3 is 20.6 Å². The number of nitrogens with zero attached hydrogens (tertiary/aromatic N) is 2. The Morgan fingerprint density at radius 3 is 2.62 bits per heavy atom. The number of guanidine groups is 1. The molecule has 2 aliphatic heterocycles. The molecule has 3 rings (SSSR count). The van der Waals surface area contributed by atoms with Gasteiger partial charge in [-0.2, -0.15) is 0 Å². The molecule has 29 heavy (non-hydrogen) atoms. The molecule has 2 aliphatic rings. The number of aliphatic imine (C=N–C) groups is 1. The van der Waals surface area contributed by atoms with Crippen LogP contribution in [0.15, 0.2) is 23.2 Å². The standard InChI is InChI=1S/C19H26FN5O3.HI/c1-3-21-17(22-11-12-4-5-15(26)14(20)10-12)25-8-6-13(7-9-25)19(2)16(27)23-18(28)24-19;/h4-5,10,13,26H,3,6-9,11H2,1-2H3,(H,21,22)(H2,23,24,27,28);1H. The lowest BCUT2D eigenvalue weighted by Gasteiger charge is -2.39. The minimum Gasteiger partial charge on any atom is -0.505 e. The quantitative estimate of drug-likeness (QED) is 0.211. The number of carbonyl (C=O) groups is 2. The van der Waals surface area contributed by atoms with Crippen molar-refractivity contribution < 1.29 is 19.1 Å². The number of nitrogens with one attached hydrogen (secondary N) is 3. The van der Waals surface area contributed by atoms with Crippen LogP contribution in [0, 0.1) is 11.7 Å². The summed E-state index contributed by atoms with van der Waals surface area (Å²) in [6.45, 7) is 6.11. The third-order valence-corrected chi connectivity index (χ3v) is 5.44. The normalized spacial score (nSPS) is 22.7. The van der Waals surface area contributed by atoms with E-state index in [-0.39, 0.29) is 48.1 Å². The summed E-state index contributed by atoms with van der Waals surface area (Å²) in [7, 11) is 0. The molecule has 1 unspecified atom stereocenters. The van der Waals surface area contributed by atoms with Crippen molar-refractivity contribution in [2.75, 3.05) is 19.6 Å². The number of piperidine rings is 1. The van der Waals surface area contributed by atoms with E-state index in [1.165, 1.54) is 12.1 Å². The van der Waals surface area contributed by atoms with Gasteiger partial charge in [0.1, 0.15) is 5.54 Å². The second-order valence-corrected chi connectivity index (χ2v) is 7.33. The Labute approximate surface area is 186 Å². The number of rotatable bonds is 4. The van der Waals surface area contributed by atoms with Crippen LogP contribution in [0.4, 0.5) is 9.18 Å². The molecule has 10 heteroatoms. The highest BCUT2D eigenvalue weighted by atomic mass is 127. The molecule has 0 radical (unpaired) electrons. The summed E-state index contributed by atoms with van der Waals surface area (Å²) in [6.07, 6.45) is 1.48. The van der Waals surface area contributed by atoms with Crippen molar-refractivity contribution in [3.05, 3.63) is 29.6 Å². The lowest BCUT2D eigenvalue weighted by Crippen LogP contribution is -2.55. The molecule has 0 saturated carbocycles. The van der Waals surface area contributed by atoms with Crippen molar-refractivity contribution >= 4 is 41.9 Å². The maximum absolute atomic E-state index is 13.5. The summed E-state index contributed by atoms with van der Waals surface area (Å²) in [5.74, 6) is -0.545. The van der Waals surface area contributed by atoms with Gasteiger partial charge in [-0.25, -0.2) is 14.2 Å². The number of halogens is 2. The number of aromatic hydroxyl groups is 1. The van der Waals surface area contributed by atoms with Crippen LogP contribution in [0.25, 0.3) is 0 Å². The first-order valence-electron chi connectivity index (χ1n) is 9.47. The third-order valence-electron chi connectivity index (χ3n) is 5.44. The number of amides is 3. The Hall–Kier alpha value is -2.11. The van der Waals surface area contributed by atoms with Gasteiger partial charge in [0.2, 0.25) is 0 Å². The van der Waals surface area contributed by atoms with E-state index in [2.05, 4.69) is 25.8 Å². The Balaban J connectivity index is 0.00000300. The molecule has 2 saturated heterocycles. The summed E-state index contributed by atoms with van der Waals surface area (Å²) < 4.78 is 13.5. The number of carbonyl (C=O) groups excluding carboxylic acids is 2. The average Bonchev–Trinajstić information content (AvgIpc) is 2.94. The summed E-state index contributed by atoms with van der Waals surface area (Å²) >= 11 is 0. The number of phenols is 1. The molecule has 1 atom stereocenters. The van der Waals surface area contributed by atoms with Crippen LogP contribution >= 0.6 is 24.0 Å². The van der Waals surface area contributed by atoms with E-state index in [1.54, 1.807) is 13.0 Å². The monoisotopic (exact) mass is 519 g/mol. The Morgan fingerprint density at radius 2 is 2.07 bits per heavy atom. The van der Waals surface area contributed by atoms with Crippen molar-refractivity contribution in [3.8, 4) is 5.75 Å². The highest BCUT2D eigenvalue weighted by Crippen LogP contribution is 2.30. The number of hydrogen-bond acceptors (Lipinski definition) is 4. The first-order valence-corrected chi connectivity index (χ1v) is 9.47. The zero-order chi connectivity index (χ0) is 20.3. The number of urea groups is 1. The number of hydrogen-bond donors (Lipinski definition) is 4. The first-order chi connectivity index (χ1) is 13.3. The number of likely N-dealkylation sites (tertiary alicyclic amines) is 1. The minimum absolute atomic E-state index is 0. The highest BCUT2D eigenvalue weighted by Gasteiger charge is 2.48. The van der Waals surface area contributed by atoms with E-state index in [1.807, 2.05) is 6.92 Å². The van der Waals surface area contributed by atoms with Crippen LogP contribution in [0.3, 0.4) is 0 Å². The fraction of sp³-hybridized carbons (Fsp3) is 0.526. The fourth-order valence-electron chi connectivity index (χ4n) is 3.75. The molecule has 0 bridgehead atoms. The van der Waals surface area contributed by atoms with Crippen LogP contribution in [-0.4, -0.2) is 53.1 Å². The van der Waals surface area contributed by atoms with E-state index in [9.17, 15) is 19.1 Å². The first kappa shape index (κ1) is 23.2. The van der Waals surface area contributed by atoms with Gasteiger partial charge in [-0.05, 0) is 50.3 Å². The van der Waals surface area contributed by atoms with Crippen LogP contribution < -0.4 is 16.0 Å². The van der Waals surface area contributed by atoms with Gasteiger partial charge in [-0.1, -0.05) is 6.07 Å². The largest absolute Gasteiger partial charge is 0.505 e. The predicted octanol–water partition coefficient (Wildman–Crippen LogP) is 1.92. The maximum atomic E-state index is 13.5. The number of imide groups is 1. The smallest absolute Gasteiger partial charge is 0.322 e. The average molecular weight is 519 g/mol. The zero-order valence-electron chi connectivity index (χ0n) is 16.5. The van der Waals surface area contributed by atoms with Crippen LogP contribution in [0.1, 0.15) is 32.3 Å². The Kier molecular flexibility index (Phi) is 7.66. The summed E-state index contributed by atoms with van der Waals surface area (Å²) in [5, 5.41) is 17.6. The van der Waals surface area contributed by atoms with Gasteiger partial charge in [0.15, 0.2) is 17.5 Å². The topological polar surface area (TPSA) is 106 Å². The van der Waals surface area contributed by atoms with Gasteiger partial charge in [-0.15, -0.1) is 24.0 Å². The number of benzene rings is 1. The van der Waals surface area contributed by atoms with Crippen molar-refractivity contribution in [3.63, 3.8) is 0 Å². The van der Waals surface area contributed by atoms with Gasteiger partial charge in [0.25, 0.3) is 5.91 Å². The molecule has 3 amide bonds. The predicted molar refractivity (Wildman–Crippen MR) is 118 cm³/mol. The maximum Gasteiger partial charge on any atom is 0.322 e. The molecular formula is C19H27FIN5O3. The molecule has 4 N–H and O–H groups in total. The summed E-state index contributed by atoms with van der Waals surface area (Å²) in [5.41, 5.74) is -0.208. The lowest BCUT2D eigenvalue weighted by atomic mass is 9.79. The third kappa shape index (κ3) is 5.09. The zero-order valence-corrected chi connectivity index (χ0v) is 18.8. The summed E-state index contributed by atoms with van der Waals surface area (Å²) in [4.78, 5) is 30.3. The van der Waals surface area contributed by atoms with Gasteiger partial charge >= 0.3 is 6.03 Å². The van der Waals surface area contributed by atoms with Crippen molar-refractivity contribution in [1.82, 2.24) is 20.9 Å². The molecule has 0 spiro atoms. The molecule has 0 aliphatic carbocycles. The van der Waals surface area contributed by atoms with Crippen LogP contribution in [0.5, 0.6) is 5.75 Å². The second kappa shape index (κ2) is 9.59. The molecule has 2 fully saturated rings. The van der Waals surface area contributed by atoms with Crippen molar-refractivity contribution in [2.24, 2.45) is 10.9 Å². The number of phenolic OH excluding ortho intramolecular Hbond substituents is 1. The minimum atomic E-state index is -0.873. The van der Waals surface area contributed by atoms with E-state index in [0.717, 1.165) is 18.8 Å². The molecular weight excluding hydrogens is 492 g/mol. The molecule has 8 nitrogen and oxygen atoms in total. The Bertz CT molecular complexity index is 798. The second-order valence-electron chi connectivity index (χ2n) is 7.33. The van der Waals surface area contributed by atoms with Gasteiger partial charge in [0, 0.05) is 19.6 Å². The van der Waals surface area contributed by atoms with Gasteiger partial charge in [0.05, 0.1) is 6.54 Å². The fourth-order valence-corrected chi connectivity index (χ4v) is 3.75. The van der Waals surface area contributed by atoms with E-state index in [0.29, 0.717) is 25.2 Å². The molecule has 1 aromatic carbocycles. The molecule has 0 aromatic heterocycles. The Morgan fingerprint density at radius 1 is 1.38 bits per heavy atom. The van der Waals surface area contributed by atoms with Crippen LogP contribution in [0.2, 0.25) is 0 Å². The van der Waals surface area contributed by atoms with E-state index in [4.69, 9.17) is 0 Å². The SMILES string of the molecule is CCNC(=NCc1ccc(O)c(F)c1)N1CCC(C2(C)NC(=O)NC2=O)CC1.I. The van der Waals surface area contributed by atoms with Crippen molar-refractivity contribution in [1.29, 1.82) is 0 Å². The summed E-state index contributed by atoms with van der Waals surface area (Å²) in [6, 6.07) is 3.79. The molecule has 2 heterocycles.